The lowest BCUT2D eigenvalue weighted by Crippen LogP contribution is -2.35. The normalized spacial score (nSPS) is 15.7. The monoisotopic (exact) mass is 271 g/mol. The van der Waals surface area contributed by atoms with Crippen molar-refractivity contribution in [2.45, 2.75) is 0 Å². The predicted octanol–water partition coefficient (Wildman–Crippen LogP) is -0.0383. The smallest absolute Gasteiger partial charge is 0.323 e. The maximum atomic E-state index is 12.3. The van der Waals surface area contributed by atoms with E-state index in [1.807, 2.05) is 0 Å². The minimum absolute atomic E-state index is 0.168. The zero-order valence-corrected chi connectivity index (χ0v) is 10.2. The number of fused-ring (bicyclic) bond motifs is 1. The van der Waals surface area contributed by atoms with Gasteiger partial charge in [0.15, 0.2) is 5.71 Å². The highest BCUT2D eigenvalue weighted by molar-refractivity contribution is 6.54. The molecule has 0 bridgehead atoms. The second kappa shape index (κ2) is 4.57. The fourth-order valence-corrected chi connectivity index (χ4v) is 2.01. The molecule has 0 aliphatic carbocycles. The second-order valence-electron chi connectivity index (χ2n) is 4.09. The highest BCUT2D eigenvalue weighted by atomic mass is 16.4. The van der Waals surface area contributed by atoms with Crippen LogP contribution in [0.5, 0.6) is 0 Å². The summed E-state index contributed by atoms with van der Waals surface area (Å²) >= 11 is 0. The fourth-order valence-electron chi connectivity index (χ4n) is 2.01. The summed E-state index contributed by atoms with van der Waals surface area (Å²) in [4.78, 5) is 24.4. The Kier molecular flexibility index (Phi) is 2.75. The van der Waals surface area contributed by atoms with Crippen LogP contribution in [0.1, 0.15) is 5.56 Å². The van der Waals surface area contributed by atoms with Gasteiger partial charge in [-0.1, -0.05) is 18.2 Å². The number of carbonyl (C=O) groups is 2. The van der Waals surface area contributed by atoms with E-state index in [9.17, 15) is 9.59 Å². The van der Waals surface area contributed by atoms with Crippen LogP contribution in [0.15, 0.2) is 42.0 Å². The van der Waals surface area contributed by atoms with Gasteiger partial charge in [-0.15, -0.1) is 10.2 Å². The van der Waals surface area contributed by atoms with Crippen LogP contribution < -0.4 is 4.90 Å². The number of carbonyl (C=O) groups excluding carboxylic acids is 1. The lowest BCUT2D eigenvalue weighted by atomic mass is 10.1. The molecule has 1 aliphatic rings. The Morgan fingerprint density at radius 1 is 1.25 bits per heavy atom. The van der Waals surface area contributed by atoms with Crippen molar-refractivity contribution >= 4 is 23.3 Å². The van der Waals surface area contributed by atoms with E-state index in [1.165, 1.54) is 22.2 Å². The van der Waals surface area contributed by atoms with E-state index in [0.29, 0.717) is 11.3 Å². The molecule has 0 saturated heterocycles. The van der Waals surface area contributed by atoms with E-state index >= 15 is 0 Å². The molecule has 2 aromatic rings. The third-order valence-corrected chi connectivity index (χ3v) is 2.81. The highest BCUT2D eigenvalue weighted by Crippen LogP contribution is 2.28. The first kappa shape index (κ1) is 12.0. The van der Waals surface area contributed by atoms with Crippen molar-refractivity contribution in [3.05, 3.63) is 42.5 Å². The summed E-state index contributed by atoms with van der Waals surface area (Å²) < 4.78 is 1.30. The van der Waals surface area contributed by atoms with Crippen molar-refractivity contribution in [2.24, 2.45) is 5.10 Å². The first-order chi connectivity index (χ1) is 9.66. The molecule has 3 rings (SSSR count). The molecule has 0 fully saturated rings. The van der Waals surface area contributed by atoms with Crippen LogP contribution in [0.3, 0.4) is 0 Å². The molecule has 0 saturated carbocycles. The molecule has 0 unspecified atom stereocenters. The van der Waals surface area contributed by atoms with E-state index < -0.39 is 18.4 Å². The summed E-state index contributed by atoms with van der Waals surface area (Å²) in [6, 6.07) is 6.91. The number of aromatic nitrogens is 3. The van der Waals surface area contributed by atoms with Crippen LogP contribution in [0.25, 0.3) is 0 Å². The van der Waals surface area contributed by atoms with E-state index in [-0.39, 0.29) is 5.71 Å². The van der Waals surface area contributed by atoms with Crippen LogP contribution in [0.2, 0.25) is 0 Å². The van der Waals surface area contributed by atoms with Crippen molar-refractivity contribution in [1.29, 1.82) is 0 Å². The predicted molar refractivity (Wildman–Crippen MR) is 68.4 cm³/mol. The third-order valence-electron chi connectivity index (χ3n) is 2.81. The summed E-state index contributed by atoms with van der Waals surface area (Å²) in [6.07, 6.45) is 2.70. The number of benzene rings is 1. The van der Waals surface area contributed by atoms with Crippen molar-refractivity contribution < 1.29 is 14.7 Å². The Hall–Kier alpha value is -3.03. The minimum atomic E-state index is -1.08. The first-order valence-electron chi connectivity index (χ1n) is 5.73. The molecule has 100 valence electrons. The number of nitrogens with zero attached hydrogens (tertiary/aromatic N) is 5. The van der Waals surface area contributed by atoms with Gasteiger partial charge in [-0.2, -0.15) is 5.10 Å². The number of rotatable bonds is 3. The number of carboxylic acid groups (broad SMARTS) is 1. The van der Waals surface area contributed by atoms with Crippen LogP contribution in [0, 0.1) is 0 Å². The molecule has 0 radical (unpaired) electrons. The van der Waals surface area contributed by atoms with Crippen molar-refractivity contribution in [3.8, 4) is 0 Å². The average molecular weight is 271 g/mol. The molecule has 20 heavy (non-hydrogen) atoms. The molecule has 1 amide bonds. The Morgan fingerprint density at radius 3 is 2.65 bits per heavy atom. The molecule has 1 aromatic carbocycles. The van der Waals surface area contributed by atoms with Gasteiger partial charge in [-0.25, -0.2) is 4.68 Å². The first-order valence-corrected chi connectivity index (χ1v) is 5.73. The quantitative estimate of drug-likeness (QED) is 0.844. The number of para-hydroxylation sites is 1. The molecule has 1 N–H and O–H groups in total. The van der Waals surface area contributed by atoms with Gasteiger partial charge in [0.1, 0.15) is 19.2 Å². The maximum Gasteiger partial charge on any atom is 0.323 e. The molecule has 8 nitrogen and oxygen atoms in total. The van der Waals surface area contributed by atoms with E-state index in [2.05, 4.69) is 15.3 Å². The Morgan fingerprint density at radius 2 is 1.95 bits per heavy atom. The van der Waals surface area contributed by atoms with E-state index in [1.54, 1.807) is 24.3 Å². The van der Waals surface area contributed by atoms with Gasteiger partial charge in [0.25, 0.3) is 5.91 Å². The molecular formula is C12H9N5O3. The maximum absolute atomic E-state index is 12.3. The van der Waals surface area contributed by atoms with Gasteiger partial charge in [0, 0.05) is 5.56 Å². The summed E-state index contributed by atoms with van der Waals surface area (Å²) in [7, 11) is 0. The number of hydrogen-bond acceptors (Lipinski definition) is 5. The fraction of sp³-hybridized carbons (Fsp3) is 0.0833. The number of carboxylic acids is 1. The number of hydrogen-bond donors (Lipinski definition) is 1. The van der Waals surface area contributed by atoms with Crippen LogP contribution >= 0.6 is 0 Å². The van der Waals surface area contributed by atoms with Crippen LogP contribution in [0.4, 0.5) is 5.69 Å². The van der Waals surface area contributed by atoms with E-state index in [4.69, 9.17) is 5.11 Å². The van der Waals surface area contributed by atoms with Gasteiger partial charge < -0.3 is 5.11 Å². The van der Waals surface area contributed by atoms with Gasteiger partial charge in [0.2, 0.25) is 0 Å². The topological polar surface area (TPSA) is 101 Å². The van der Waals surface area contributed by atoms with Gasteiger partial charge in [-0.05, 0) is 6.07 Å². The highest BCUT2D eigenvalue weighted by Gasteiger charge is 2.35. The summed E-state index contributed by atoms with van der Waals surface area (Å²) in [5.74, 6) is -1.54. The summed E-state index contributed by atoms with van der Waals surface area (Å²) in [5, 5.41) is 20.2. The van der Waals surface area contributed by atoms with Crippen molar-refractivity contribution in [3.63, 3.8) is 0 Å². The molecule has 1 aromatic heterocycles. The lowest BCUT2D eigenvalue weighted by molar-refractivity contribution is -0.136. The van der Waals surface area contributed by atoms with Crippen molar-refractivity contribution in [2.75, 3.05) is 11.4 Å². The van der Waals surface area contributed by atoms with E-state index in [0.717, 1.165) is 0 Å². The summed E-state index contributed by atoms with van der Waals surface area (Å²) in [6.45, 7) is -0.406. The van der Waals surface area contributed by atoms with Crippen molar-refractivity contribution in [1.82, 2.24) is 14.9 Å². The number of aliphatic carboxylic acids is 1. The Bertz CT molecular complexity index is 708. The zero-order valence-electron chi connectivity index (χ0n) is 10.2. The second-order valence-corrected chi connectivity index (χ2v) is 4.09. The lowest BCUT2D eigenvalue weighted by Gasteiger charge is -2.13. The van der Waals surface area contributed by atoms with Crippen LogP contribution in [-0.2, 0) is 9.59 Å². The zero-order chi connectivity index (χ0) is 14.1. The minimum Gasteiger partial charge on any atom is -0.480 e. The summed E-state index contributed by atoms with van der Waals surface area (Å²) in [5.41, 5.74) is 1.29. The largest absolute Gasteiger partial charge is 0.480 e. The Balaban J connectivity index is 2.09. The van der Waals surface area contributed by atoms with Gasteiger partial charge >= 0.3 is 5.97 Å². The SMILES string of the molecule is O=C(O)CN1C(=O)C(=Nn2cnnc2)c2ccccc21. The van der Waals surface area contributed by atoms with Gasteiger partial charge in [-0.3, -0.25) is 14.5 Å². The molecular weight excluding hydrogens is 262 g/mol. The third kappa shape index (κ3) is 1.92. The number of amides is 1. The van der Waals surface area contributed by atoms with Gasteiger partial charge in [0.05, 0.1) is 5.69 Å². The Labute approximate surface area is 113 Å². The number of anilines is 1. The molecule has 0 atom stereocenters. The molecule has 1 aliphatic heterocycles. The average Bonchev–Trinajstić information content (AvgIpc) is 3.02. The molecule has 8 heteroatoms. The van der Waals surface area contributed by atoms with Crippen LogP contribution in [-0.4, -0.2) is 44.1 Å². The standard InChI is InChI=1S/C12H9N5O3/c18-10(19)5-17-9-4-2-1-3-8(9)11(12(17)20)15-16-6-13-14-7-16/h1-4,6-7H,5H2,(H,18,19). The molecule has 0 spiro atoms. The molecule has 2 heterocycles.